The number of esters is 1. The largest absolute Gasteiger partial charge is 0.459 e. The Morgan fingerprint density at radius 1 is 1.22 bits per heavy atom. The van der Waals surface area contributed by atoms with Crippen LogP contribution in [0.25, 0.3) is 0 Å². The van der Waals surface area contributed by atoms with Crippen LogP contribution in [-0.2, 0) is 26.0 Å². The molecule has 0 bridgehead atoms. The van der Waals surface area contributed by atoms with E-state index in [1.165, 1.54) is 28.6 Å². The number of nitro groups is 1. The van der Waals surface area contributed by atoms with Crippen LogP contribution >= 0.6 is 0 Å². The van der Waals surface area contributed by atoms with E-state index in [0.29, 0.717) is 11.1 Å². The summed E-state index contributed by atoms with van der Waals surface area (Å²) in [6.07, 6.45) is 0.190. The van der Waals surface area contributed by atoms with Crippen LogP contribution < -0.4 is 0 Å². The molecular formula is C25H32FN3O6S. The number of halogens is 1. The number of piperazine rings is 1. The zero-order valence-electron chi connectivity index (χ0n) is 21.1. The molecule has 0 amide bonds. The van der Waals surface area contributed by atoms with Crippen molar-refractivity contribution in [1.82, 2.24) is 9.21 Å². The zero-order valence-corrected chi connectivity index (χ0v) is 21.9. The number of nitro benzene ring substituents is 1. The van der Waals surface area contributed by atoms with E-state index in [1.807, 2.05) is 4.90 Å². The van der Waals surface area contributed by atoms with Crippen LogP contribution in [-0.4, -0.2) is 65.8 Å². The SMILES string of the molecule is Cc1ccc(C[C@@H](C(=O)OC(C)(C)C)N2CCN(S(=O)(=O)c3ccccc3[N+](=O)[O-])[C@@H](C)C2)cc1F. The third-order valence-electron chi connectivity index (χ3n) is 6.03. The molecule has 0 aromatic heterocycles. The topological polar surface area (TPSA) is 110 Å². The van der Waals surface area contributed by atoms with Crippen LogP contribution in [0.4, 0.5) is 10.1 Å². The number of carbonyl (C=O) groups is 1. The first-order valence-electron chi connectivity index (χ1n) is 11.7. The molecule has 2 atom stereocenters. The number of benzene rings is 2. The van der Waals surface area contributed by atoms with Crippen molar-refractivity contribution in [2.24, 2.45) is 0 Å². The highest BCUT2D eigenvalue weighted by Gasteiger charge is 2.41. The molecule has 0 aliphatic carbocycles. The summed E-state index contributed by atoms with van der Waals surface area (Å²) in [7, 11) is -4.16. The van der Waals surface area contributed by atoms with Crippen LogP contribution in [0, 0.1) is 22.9 Å². The maximum absolute atomic E-state index is 14.2. The van der Waals surface area contributed by atoms with Crippen molar-refractivity contribution in [2.75, 3.05) is 19.6 Å². The minimum atomic E-state index is -4.16. The molecule has 0 radical (unpaired) electrons. The molecule has 9 nitrogen and oxygen atoms in total. The fourth-order valence-electron chi connectivity index (χ4n) is 4.28. The lowest BCUT2D eigenvalue weighted by molar-refractivity contribution is -0.387. The second-order valence-electron chi connectivity index (χ2n) is 10.0. The quantitative estimate of drug-likeness (QED) is 0.310. The average Bonchev–Trinajstić information content (AvgIpc) is 2.78. The molecule has 0 saturated carbocycles. The maximum Gasteiger partial charge on any atom is 0.324 e. The Morgan fingerprint density at radius 3 is 2.47 bits per heavy atom. The molecule has 36 heavy (non-hydrogen) atoms. The van der Waals surface area contributed by atoms with Gasteiger partial charge in [-0.15, -0.1) is 0 Å². The number of sulfonamides is 1. The van der Waals surface area contributed by atoms with Gasteiger partial charge in [-0.25, -0.2) is 12.8 Å². The van der Waals surface area contributed by atoms with Crippen molar-refractivity contribution in [3.8, 4) is 0 Å². The van der Waals surface area contributed by atoms with Gasteiger partial charge in [-0.3, -0.25) is 19.8 Å². The van der Waals surface area contributed by atoms with Crippen LogP contribution in [0.5, 0.6) is 0 Å². The molecule has 2 aromatic rings. The van der Waals surface area contributed by atoms with E-state index in [2.05, 4.69) is 0 Å². The van der Waals surface area contributed by atoms with Crippen LogP contribution in [0.15, 0.2) is 47.4 Å². The first kappa shape index (κ1) is 27.7. The molecule has 2 aromatic carbocycles. The van der Waals surface area contributed by atoms with Crippen LogP contribution in [0.3, 0.4) is 0 Å². The lowest BCUT2D eigenvalue weighted by Crippen LogP contribution is -2.58. The number of nitrogens with zero attached hydrogens (tertiary/aromatic N) is 3. The summed E-state index contributed by atoms with van der Waals surface area (Å²) >= 11 is 0. The molecule has 196 valence electrons. The summed E-state index contributed by atoms with van der Waals surface area (Å²) in [5.74, 6) is -0.852. The fraction of sp³-hybridized carbons (Fsp3) is 0.480. The maximum atomic E-state index is 14.2. The minimum absolute atomic E-state index is 0.0249. The number of hydrogen-bond donors (Lipinski definition) is 0. The second-order valence-corrected chi connectivity index (χ2v) is 11.9. The van der Waals surface area contributed by atoms with Gasteiger partial charge in [0.15, 0.2) is 4.90 Å². The van der Waals surface area contributed by atoms with E-state index in [9.17, 15) is 27.7 Å². The Balaban J connectivity index is 1.87. The van der Waals surface area contributed by atoms with Gasteiger partial charge >= 0.3 is 5.97 Å². The standard InChI is InChI=1S/C25H32FN3O6S/c1-17-10-11-19(14-20(17)26)15-22(24(30)35-25(3,4)5)27-12-13-28(18(2)16-27)36(33,34)23-9-7-6-8-21(23)29(31)32/h6-11,14,18,22H,12-13,15-16H2,1-5H3/t18-,22-/m0/s1. The highest BCUT2D eigenvalue weighted by molar-refractivity contribution is 7.89. The number of aryl methyl sites for hydroxylation is 1. The smallest absolute Gasteiger partial charge is 0.324 e. The predicted octanol–water partition coefficient (Wildman–Crippen LogP) is 3.69. The van der Waals surface area contributed by atoms with E-state index in [-0.39, 0.29) is 36.8 Å². The number of carbonyl (C=O) groups excluding carboxylic acids is 1. The van der Waals surface area contributed by atoms with Gasteiger partial charge in [-0.2, -0.15) is 4.31 Å². The first-order valence-corrected chi connectivity index (χ1v) is 13.1. The highest BCUT2D eigenvalue weighted by Crippen LogP contribution is 2.29. The Kier molecular flexibility index (Phi) is 8.17. The van der Waals surface area contributed by atoms with E-state index in [1.54, 1.807) is 46.8 Å². The van der Waals surface area contributed by atoms with Crippen molar-refractivity contribution in [2.45, 2.75) is 63.6 Å². The molecule has 11 heteroatoms. The Bertz CT molecular complexity index is 1240. The third kappa shape index (κ3) is 6.26. The molecular weight excluding hydrogens is 489 g/mol. The molecule has 3 rings (SSSR count). The third-order valence-corrected chi connectivity index (χ3v) is 8.09. The number of rotatable bonds is 7. The summed E-state index contributed by atoms with van der Waals surface area (Å²) in [6.45, 7) is 9.03. The van der Waals surface area contributed by atoms with Crippen LogP contribution in [0.2, 0.25) is 0 Å². The van der Waals surface area contributed by atoms with E-state index < -0.39 is 44.3 Å². The van der Waals surface area contributed by atoms with E-state index in [4.69, 9.17) is 4.74 Å². The van der Waals surface area contributed by atoms with Crippen molar-refractivity contribution in [3.05, 3.63) is 69.5 Å². The monoisotopic (exact) mass is 521 g/mol. The summed E-state index contributed by atoms with van der Waals surface area (Å²) in [4.78, 5) is 25.3. The Labute approximate surface area is 211 Å². The van der Waals surface area contributed by atoms with Crippen LogP contribution in [0.1, 0.15) is 38.8 Å². The van der Waals surface area contributed by atoms with Gasteiger partial charge in [0.2, 0.25) is 10.0 Å². The van der Waals surface area contributed by atoms with Gasteiger partial charge in [0.25, 0.3) is 5.69 Å². The van der Waals surface area contributed by atoms with Gasteiger partial charge in [-0.05, 0) is 64.3 Å². The second kappa shape index (κ2) is 10.6. The van der Waals surface area contributed by atoms with Gasteiger partial charge in [0.05, 0.1) is 4.92 Å². The summed E-state index contributed by atoms with van der Waals surface area (Å²) in [6, 6.07) is 8.71. The molecule has 1 heterocycles. The van der Waals surface area contributed by atoms with Crippen molar-refractivity contribution in [3.63, 3.8) is 0 Å². The zero-order chi connectivity index (χ0) is 26.8. The normalized spacial score (nSPS) is 18.6. The van der Waals surface area contributed by atoms with Crippen molar-refractivity contribution < 1.29 is 27.3 Å². The van der Waals surface area contributed by atoms with Crippen molar-refractivity contribution in [1.29, 1.82) is 0 Å². The van der Waals surface area contributed by atoms with Gasteiger partial charge in [-0.1, -0.05) is 24.3 Å². The molecule has 0 spiro atoms. The summed E-state index contributed by atoms with van der Waals surface area (Å²) in [5.41, 5.74) is -0.108. The Hall–Kier alpha value is -2.89. The van der Waals surface area contributed by atoms with Gasteiger partial charge in [0, 0.05) is 31.7 Å². The van der Waals surface area contributed by atoms with Gasteiger partial charge in [0.1, 0.15) is 17.5 Å². The summed E-state index contributed by atoms with van der Waals surface area (Å²) in [5, 5.41) is 11.4. The molecule has 1 fully saturated rings. The minimum Gasteiger partial charge on any atom is -0.459 e. The van der Waals surface area contributed by atoms with Gasteiger partial charge < -0.3 is 4.74 Å². The highest BCUT2D eigenvalue weighted by atomic mass is 32.2. The molecule has 0 N–H and O–H groups in total. The van der Waals surface area contributed by atoms with E-state index in [0.717, 1.165) is 6.07 Å². The molecule has 0 unspecified atom stereocenters. The molecule has 1 aliphatic rings. The molecule has 1 aliphatic heterocycles. The molecule has 1 saturated heterocycles. The van der Waals surface area contributed by atoms with Crippen molar-refractivity contribution >= 4 is 21.7 Å². The number of hydrogen-bond acceptors (Lipinski definition) is 7. The number of ether oxygens (including phenoxy) is 1. The average molecular weight is 522 g/mol. The summed E-state index contributed by atoms with van der Waals surface area (Å²) < 4.78 is 47.8. The lowest BCUT2D eigenvalue weighted by Gasteiger charge is -2.42. The fourth-order valence-corrected chi connectivity index (χ4v) is 6.05. The van der Waals surface area contributed by atoms with E-state index >= 15 is 0 Å². The number of para-hydroxylation sites is 1. The lowest BCUT2D eigenvalue weighted by atomic mass is 10.0. The first-order chi connectivity index (χ1) is 16.7. The predicted molar refractivity (Wildman–Crippen MR) is 132 cm³/mol. The Morgan fingerprint density at radius 2 is 1.89 bits per heavy atom.